The first-order chi connectivity index (χ1) is 16.6. The predicted octanol–water partition coefficient (Wildman–Crippen LogP) is 4.09. The summed E-state index contributed by atoms with van der Waals surface area (Å²) in [5, 5.41) is 9.94. The van der Waals surface area contributed by atoms with Gasteiger partial charge < -0.3 is 29.8 Å². The zero-order valence-corrected chi connectivity index (χ0v) is 18.9. The number of anilines is 2. The third-order valence-corrected chi connectivity index (χ3v) is 5.59. The highest BCUT2D eigenvalue weighted by atomic mass is 16.5. The van der Waals surface area contributed by atoms with Crippen molar-refractivity contribution in [3.63, 3.8) is 0 Å². The highest BCUT2D eigenvalue weighted by Gasteiger charge is 2.18. The Hall–Kier alpha value is -3.95. The van der Waals surface area contributed by atoms with E-state index >= 15 is 0 Å². The van der Waals surface area contributed by atoms with Gasteiger partial charge in [-0.1, -0.05) is 12.1 Å². The van der Waals surface area contributed by atoms with Gasteiger partial charge in [-0.25, -0.2) is 4.98 Å². The van der Waals surface area contributed by atoms with E-state index in [4.69, 9.17) is 13.9 Å². The third kappa shape index (κ3) is 4.57. The molecule has 0 saturated carbocycles. The zero-order valence-electron chi connectivity index (χ0n) is 18.9. The van der Waals surface area contributed by atoms with Gasteiger partial charge in [0.2, 0.25) is 11.8 Å². The highest BCUT2D eigenvalue weighted by Crippen LogP contribution is 2.31. The number of ether oxygens (including phenoxy) is 2. The number of nitrogens with zero attached hydrogens (tertiary/aromatic N) is 2. The van der Waals surface area contributed by atoms with Gasteiger partial charge in [-0.3, -0.25) is 4.79 Å². The number of rotatable bonds is 6. The summed E-state index contributed by atoms with van der Waals surface area (Å²) < 4.78 is 17.5. The summed E-state index contributed by atoms with van der Waals surface area (Å²) in [6.45, 7) is 4.12. The molecule has 2 aromatic heterocycles. The van der Waals surface area contributed by atoms with Gasteiger partial charge in [0.25, 0.3) is 5.91 Å². The van der Waals surface area contributed by atoms with Gasteiger partial charge >= 0.3 is 0 Å². The molecule has 3 heterocycles. The SMILES string of the molecule is CNC(=O)c1c(C)oc2cc(Oc3ccnc(Nc4cccc(C5CNCCO5)c4)n3)ccc12. The Bertz CT molecular complexity index is 1330. The molecule has 3 N–H and O–H groups in total. The summed E-state index contributed by atoms with van der Waals surface area (Å²) in [5.41, 5.74) is 3.03. The molecule has 0 radical (unpaired) electrons. The van der Waals surface area contributed by atoms with Gasteiger partial charge in [0.15, 0.2) is 0 Å². The van der Waals surface area contributed by atoms with Crippen molar-refractivity contribution >= 4 is 28.5 Å². The minimum atomic E-state index is -0.188. The number of aryl methyl sites for hydroxylation is 1. The van der Waals surface area contributed by atoms with E-state index in [-0.39, 0.29) is 12.0 Å². The molecule has 2 aromatic carbocycles. The van der Waals surface area contributed by atoms with Crippen LogP contribution in [0.1, 0.15) is 27.8 Å². The molecule has 9 nitrogen and oxygen atoms in total. The van der Waals surface area contributed by atoms with E-state index in [1.807, 2.05) is 24.3 Å². The maximum Gasteiger partial charge on any atom is 0.255 e. The highest BCUT2D eigenvalue weighted by molar-refractivity contribution is 6.07. The summed E-state index contributed by atoms with van der Waals surface area (Å²) in [4.78, 5) is 20.9. The Morgan fingerprint density at radius 2 is 2.12 bits per heavy atom. The van der Waals surface area contributed by atoms with Gasteiger partial charge in [-0.05, 0) is 36.8 Å². The van der Waals surface area contributed by atoms with Crippen LogP contribution in [0, 0.1) is 6.92 Å². The van der Waals surface area contributed by atoms with Gasteiger partial charge in [0.1, 0.15) is 17.1 Å². The number of hydrogen-bond donors (Lipinski definition) is 3. The smallest absolute Gasteiger partial charge is 0.255 e. The normalized spacial score (nSPS) is 15.8. The standard InChI is InChI=1S/C25H25N5O4/c1-15-23(24(31)26-2)19-7-6-18(13-20(19)33-15)34-22-8-9-28-25(30-22)29-17-5-3-4-16(12-17)21-14-27-10-11-32-21/h3-9,12-13,21,27H,10-11,14H2,1-2H3,(H,26,31)(H,28,29,30). The minimum Gasteiger partial charge on any atom is -0.460 e. The number of furan rings is 1. The average molecular weight is 460 g/mol. The lowest BCUT2D eigenvalue weighted by Crippen LogP contribution is -2.33. The Balaban J connectivity index is 1.33. The molecule has 1 unspecified atom stereocenters. The molecule has 1 aliphatic heterocycles. The van der Waals surface area contributed by atoms with Crippen molar-refractivity contribution in [2.24, 2.45) is 0 Å². The third-order valence-electron chi connectivity index (χ3n) is 5.59. The van der Waals surface area contributed by atoms with E-state index in [0.29, 0.717) is 41.1 Å². The Labute approximate surface area is 196 Å². The topological polar surface area (TPSA) is 111 Å². The van der Waals surface area contributed by atoms with Crippen molar-refractivity contribution in [1.29, 1.82) is 0 Å². The van der Waals surface area contributed by atoms with E-state index in [9.17, 15) is 4.79 Å². The quantitative estimate of drug-likeness (QED) is 0.396. The lowest BCUT2D eigenvalue weighted by molar-refractivity contribution is 0.0277. The van der Waals surface area contributed by atoms with E-state index in [2.05, 4.69) is 25.9 Å². The number of morpholine rings is 1. The number of hydrogen-bond acceptors (Lipinski definition) is 8. The Kier molecular flexibility index (Phi) is 6.11. The van der Waals surface area contributed by atoms with Crippen LogP contribution in [-0.2, 0) is 4.74 Å². The van der Waals surface area contributed by atoms with Crippen LogP contribution in [-0.4, -0.2) is 42.6 Å². The van der Waals surface area contributed by atoms with Gasteiger partial charge in [0.05, 0.1) is 18.3 Å². The zero-order chi connectivity index (χ0) is 23.5. The van der Waals surface area contributed by atoms with Crippen molar-refractivity contribution in [3.05, 3.63) is 71.6 Å². The molecule has 0 bridgehead atoms. The lowest BCUT2D eigenvalue weighted by atomic mass is 10.1. The van der Waals surface area contributed by atoms with Crippen molar-refractivity contribution in [3.8, 4) is 11.6 Å². The molecular weight excluding hydrogens is 434 g/mol. The summed E-state index contributed by atoms with van der Waals surface area (Å²) in [6.07, 6.45) is 1.65. The van der Waals surface area contributed by atoms with Gasteiger partial charge in [0, 0.05) is 49.5 Å². The molecule has 5 rings (SSSR count). The minimum absolute atomic E-state index is 0.0233. The fourth-order valence-corrected chi connectivity index (χ4v) is 3.98. The first-order valence-corrected chi connectivity index (χ1v) is 11.1. The first-order valence-electron chi connectivity index (χ1n) is 11.1. The van der Waals surface area contributed by atoms with Crippen molar-refractivity contribution < 1.29 is 18.7 Å². The molecule has 0 aliphatic carbocycles. The van der Waals surface area contributed by atoms with Crippen molar-refractivity contribution in [1.82, 2.24) is 20.6 Å². The van der Waals surface area contributed by atoms with Gasteiger partial charge in [-0.2, -0.15) is 4.98 Å². The van der Waals surface area contributed by atoms with Crippen LogP contribution in [0.4, 0.5) is 11.6 Å². The summed E-state index contributed by atoms with van der Waals surface area (Å²) >= 11 is 0. The number of fused-ring (bicyclic) bond motifs is 1. The Morgan fingerprint density at radius 3 is 2.94 bits per heavy atom. The maximum absolute atomic E-state index is 12.1. The van der Waals surface area contributed by atoms with E-state index in [1.54, 1.807) is 44.4 Å². The summed E-state index contributed by atoms with van der Waals surface area (Å²) in [7, 11) is 1.59. The molecule has 4 aromatic rings. The number of amides is 1. The predicted molar refractivity (Wildman–Crippen MR) is 128 cm³/mol. The molecular formula is C25H25N5O4. The second-order valence-electron chi connectivity index (χ2n) is 7.90. The Morgan fingerprint density at radius 1 is 1.21 bits per heavy atom. The molecule has 1 amide bonds. The number of benzene rings is 2. The summed E-state index contributed by atoms with van der Waals surface area (Å²) in [6, 6.07) is 15.0. The van der Waals surface area contributed by atoms with Crippen LogP contribution in [0.2, 0.25) is 0 Å². The average Bonchev–Trinajstić information content (AvgIpc) is 3.19. The largest absolute Gasteiger partial charge is 0.460 e. The van der Waals surface area contributed by atoms with Gasteiger partial charge in [-0.15, -0.1) is 0 Å². The fourth-order valence-electron chi connectivity index (χ4n) is 3.98. The van der Waals surface area contributed by atoms with Crippen LogP contribution < -0.4 is 20.7 Å². The first kappa shape index (κ1) is 21.9. The summed E-state index contributed by atoms with van der Waals surface area (Å²) in [5.74, 6) is 1.69. The monoisotopic (exact) mass is 459 g/mol. The van der Waals surface area contributed by atoms with E-state index in [0.717, 1.165) is 29.7 Å². The van der Waals surface area contributed by atoms with Crippen LogP contribution in [0.15, 0.2) is 59.1 Å². The molecule has 34 heavy (non-hydrogen) atoms. The second kappa shape index (κ2) is 9.50. The van der Waals surface area contributed by atoms with Crippen LogP contribution in [0.5, 0.6) is 11.6 Å². The molecule has 0 spiro atoms. The fraction of sp³-hybridized carbons (Fsp3) is 0.240. The van der Waals surface area contributed by atoms with E-state index in [1.165, 1.54) is 0 Å². The number of carbonyl (C=O) groups is 1. The lowest BCUT2D eigenvalue weighted by Gasteiger charge is -2.24. The number of nitrogens with one attached hydrogen (secondary N) is 3. The van der Waals surface area contributed by atoms with Crippen molar-refractivity contribution in [2.45, 2.75) is 13.0 Å². The van der Waals surface area contributed by atoms with Crippen LogP contribution >= 0.6 is 0 Å². The molecule has 1 atom stereocenters. The molecule has 9 heteroatoms. The molecule has 1 saturated heterocycles. The van der Waals surface area contributed by atoms with Crippen LogP contribution in [0.3, 0.4) is 0 Å². The van der Waals surface area contributed by atoms with E-state index < -0.39 is 0 Å². The number of carbonyl (C=O) groups excluding carboxylic acids is 1. The second-order valence-corrected chi connectivity index (χ2v) is 7.90. The molecule has 174 valence electrons. The number of aromatic nitrogens is 2. The van der Waals surface area contributed by atoms with Crippen LogP contribution in [0.25, 0.3) is 11.0 Å². The maximum atomic E-state index is 12.1. The molecule has 1 aliphatic rings. The molecule has 1 fully saturated rings. The van der Waals surface area contributed by atoms with Crippen molar-refractivity contribution in [2.75, 3.05) is 32.1 Å².